The number of methoxy groups -OCH3 is 1. The first kappa shape index (κ1) is 28.0. The van der Waals surface area contributed by atoms with Gasteiger partial charge in [0.25, 0.3) is 0 Å². The van der Waals surface area contributed by atoms with Gasteiger partial charge in [-0.3, -0.25) is 19.4 Å². The van der Waals surface area contributed by atoms with Crippen LogP contribution in [0.25, 0.3) is 0 Å². The van der Waals surface area contributed by atoms with Crippen molar-refractivity contribution in [3.05, 3.63) is 29.8 Å². The Kier molecular flexibility index (Phi) is 8.46. The summed E-state index contributed by atoms with van der Waals surface area (Å²) in [5, 5.41) is 11.8. The van der Waals surface area contributed by atoms with E-state index in [4.69, 9.17) is 9.47 Å². The van der Waals surface area contributed by atoms with Crippen LogP contribution in [-0.4, -0.2) is 81.5 Å². The number of aliphatic imine (C=N–C) groups is 1. The second-order valence-electron chi connectivity index (χ2n) is 8.96. The highest BCUT2D eigenvalue weighted by atomic mass is 32.2. The van der Waals surface area contributed by atoms with Gasteiger partial charge in [-0.1, -0.05) is 12.1 Å². The van der Waals surface area contributed by atoms with Crippen molar-refractivity contribution in [1.29, 1.82) is 0 Å². The molecule has 0 aliphatic carbocycles. The molecule has 13 heteroatoms. The number of carboxylic acid groups (broad SMARTS) is 1. The number of aliphatic carboxylic acids is 1. The Morgan fingerprint density at radius 3 is 2.43 bits per heavy atom. The van der Waals surface area contributed by atoms with Gasteiger partial charge in [0.05, 0.1) is 20.1 Å². The van der Waals surface area contributed by atoms with Gasteiger partial charge in [0.15, 0.2) is 6.04 Å². The highest BCUT2D eigenvalue weighted by Gasteiger charge is 2.64. The third-order valence-corrected chi connectivity index (χ3v) is 7.43. The van der Waals surface area contributed by atoms with Gasteiger partial charge in [-0.2, -0.15) is 0 Å². The van der Waals surface area contributed by atoms with Crippen molar-refractivity contribution in [3.63, 3.8) is 0 Å². The molecule has 0 radical (unpaired) electrons. The van der Waals surface area contributed by atoms with Crippen LogP contribution in [0.15, 0.2) is 29.3 Å². The Balaban J connectivity index is 1.82. The number of hydrogen-bond donors (Lipinski definition) is 2. The number of carbonyl (C=O) groups excluding carboxylic acids is 4. The van der Waals surface area contributed by atoms with Gasteiger partial charge in [0, 0.05) is 10.5 Å². The molecule has 0 spiro atoms. The number of nitrogens with one attached hydrogen (secondary N) is 1. The van der Waals surface area contributed by atoms with E-state index in [0.29, 0.717) is 11.3 Å². The van der Waals surface area contributed by atoms with Crippen LogP contribution in [0.4, 0.5) is 4.79 Å². The Bertz CT molecular complexity index is 1120. The van der Waals surface area contributed by atoms with E-state index in [1.54, 1.807) is 27.7 Å². The van der Waals surface area contributed by atoms with E-state index >= 15 is 0 Å². The fourth-order valence-electron chi connectivity index (χ4n) is 4.17. The van der Waals surface area contributed by atoms with Crippen LogP contribution in [0, 0.1) is 0 Å². The number of carboxylic acids is 1. The summed E-state index contributed by atoms with van der Waals surface area (Å²) in [5.41, 5.74) is 0.729. The fourth-order valence-corrected chi connectivity index (χ4v) is 5.80. The summed E-state index contributed by atoms with van der Waals surface area (Å²) >= 11 is 1.30. The van der Waals surface area contributed by atoms with Crippen LogP contribution in [0.2, 0.25) is 0 Å². The van der Waals surface area contributed by atoms with E-state index in [1.807, 2.05) is 0 Å². The zero-order valence-electron chi connectivity index (χ0n) is 21.0. The Hall–Kier alpha value is -3.61. The predicted octanol–water partition coefficient (Wildman–Crippen LogP) is 1.92. The summed E-state index contributed by atoms with van der Waals surface area (Å²) in [5.74, 6) is -2.56. The molecular weight excluding hydrogens is 506 g/mol. The van der Waals surface area contributed by atoms with Crippen LogP contribution in [0.1, 0.15) is 45.7 Å². The average Bonchev–Trinajstić information content (AvgIpc) is 3.09. The van der Waals surface area contributed by atoms with Crippen LogP contribution in [0.5, 0.6) is 5.75 Å². The van der Waals surface area contributed by atoms with E-state index in [9.17, 15) is 29.1 Å². The molecule has 2 amide bonds. The number of β-lactam (4-membered cyclic amide) rings is 1. The molecule has 2 N–H and O–H groups in total. The van der Waals surface area contributed by atoms with Crippen LogP contribution in [0.3, 0.4) is 0 Å². The number of esters is 1. The van der Waals surface area contributed by atoms with Gasteiger partial charge < -0.3 is 29.5 Å². The molecule has 3 rings (SSSR count). The zero-order chi connectivity index (χ0) is 27.5. The van der Waals surface area contributed by atoms with Crippen molar-refractivity contribution < 1.29 is 43.3 Å². The normalized spacial score (nSPS) is 22.8. The summed E-state index contributed by atoms with van der Waals surface area (Å²) in [6, 6.07) is 2.89. The number of benzene rings is 1. The van der Waals surface area contributed by atoms with Gasteiger partial charge >= 0.3 is 18.1 Å². The van der Waals surface area contributed by atoms with Crippen molar-refractivity contribution >= 4 is 47.4 Å². The number of amides is 2. The number of ether oxygens (including phenoxy) is 3. The van der Waals surface area contributed by atoms with Gasteiger partial charge in [0.2, 0.25) is 11.8 Å². The number of rotatable bonds is 9. The summed E-state index contributed by atoms with van der Waals surface area (Å²) < 4.78 is 13.7. The second kappa shape index (κ2) is 11.2. The monoisotopic (exact) mass is 535 g/mol. The predicted molar refractivity (Wildman–Crippen MR) is 132 cm³/mol. The third-order valence-electron chi connectivity index (χ3n) is 5.86. The van der Waals surface area contributed by atoms with E-state index in [0.717, 1.165) is 0 Å². The first-order chi connectivity index (χ1) is 17.4. The molecular formula is C24H29N3O9S. The summed E-state index contributed by atoms with van der Waals surface area (Å²) in [6.07, 6.45) is -1.02. The maximum Gasteiger partial charge on any atom is 0.513 e. The molecule has 200 valence electrons. The molecule has 4 atom stereocenters. The molecule has 2 saturated heterocycles. The molecule has 37 heavy (non-hydrogen) atoms. The number of hydrogen-bond acceptors (Lipinski definition) is 10. The standard InChI is InChI=1S/C24H29N3O9S/c1-6-35-23(33)36-14-9-7-13(8-10-14)16(25-12(2)11-15(28)34-5)19(29)26-17-20(30)27-18(22(31)32)24(3,4)37-21(17)27/h7-10,16-18,21H,6,11H2,1-5H3,(H,26,29)(H,31,32)/t16?,17-,18+,21-/m1/s1. The molecule has 1 unspecified atom stereocenters. The third kappa shape index (κ3) is 6.04. The molecule has 2 aliphatic rings. The van der Waals surface area contributed by atoms with Crippen molar-refractivity contribution in [2.75, 3.05) is 13.7 Å². The average molecular weight is 536 g/mol. The number of carbonyl (C=O) groups is 5. The molecule has 2 aliphatic heterocycles. The molecule has 12 nitrogen and oxygen atoms in total. The minimum absolute atomic E-state index is 0.145. The van der Waals surface area contributed by atoms with Gasteiger partial charge in [0.1, 0.15) is 23.2 Å². The lowest BCUT2D eigenvalue weighted by atomic mass is 9.95. The highest BCUT2D eigenvalue weighted by Crippen LogP contribution is 2.50. The Morgan fingerprint density at radius 1 is 1.22 bits per heavy atom. The number of thioether (sulfide) groups is 1. The van der Waals surface area contributed by atoms with E-state index < -0.39 is 58.2 Å². The first-order valence-electron chi connectivity index (χ1n) is 11.5. The van der Waals surface area contributed by atoms with Gasteiger partial charge in [-0.25, -0.2) is 9.59 Å². The lowest BCUT2D eigenvalue weighted by Gasteiger charge is -2.43. The smallest absolute Gasteiger partial charge is 0.480 e. The lowest BCUT2D eigenvalue weighted by molar-refractivity contribution is -0.161. The van der Waals surface area contributed by atoms with Crippen molar-refractivity contribution in [3.8, 4) is 5.75 Å². The SMILES string of the molecule is CCOC(=O)Oc1ccc(C(N=C(C)CC(=O)OC)C(=O)N[C@@H]2C(=O)N3[C@@H]2SC(C)(C)[C@@H]3C(=O)O)cc1. The molecule has 1 aromatic carbocycles. The number of fused-ring (bicyclic) bond motifs is 1. The highest BCUT2D eigenvalue weighted by molar-refractivity contribution is 8.01. The topological polar surface area (TPSA) is 161 Å². The van der Waals surface area contributed by atoms with E-state index in [2.05, 4.69) is 15.0 Å². The number of nitrogens with zero attached hydrogens (tertiary/aromatic N) is 2. The zero-order valence-corrected chi connectivity index (χ0v) is 21.9. The van der Waals surface area contributed by atoms with E-state index in [1.165, 1.54) is 48.0 Å². The maximum atomic E-state index is 13.4. The quantitative estimate of drug-likeness (QED) is 0.207. The Labute approximate surface area is 217 Å². The lowest BCUT2D eigenvalue weighted by Crippen LogP contribution is -2.70. The summed E-state index contributed by atoms with van der Waals surface area (Å²) in [6.45, 7) is 6.84. The van der Waals surface area contributed by atoms with Crippen LogP contribution < -0.4 is 10.1 Å². The first-order valence-corrected chi connectivity index (χ1v) is 12.3. The largest absolute Gasteiger partial charge is 0.513 e. The molecule has 1 aromatic rings. The van der Waals surface area contributed by atoms with Gasteiger partial charge in [-0.05, 0) is 45.4 Å². The molecule has 2 fully saturated rings. The van der Waals surface area contributed by atoms with Crippen molar-refractivity contribution in [2.24, 2.45) is 4.99 Å². The van der Waals surface area contributed by atoms with E-state index in [-0.39, 0.29) is 18.8 Å². The maximum absolute atomic E-state index is 13.4. The minimum Gasteiger partial charge on any atom is -0.480 e. The molecule has 0 saturated carbocycles. The molecule has 0 bridgehead atoms. The van der Waals surface area contributed by atoms with Crippen molar-refractivity contribution in [2.45, 2.75) is 62.4 Å². The molecule has 0 aromatic heterocycles. The summed E-state index contributed by atoms with van der Waals surface area (Å²) in [7, 11) is 1.24. The van der Waals surface area contributed by atoms with Gasteiger partial charge in [-0.15, -0.1) is 11.8 Å². The summed E-state index contributed by atoms with van der Waals surface area (Å²) in [4.78, 5) is 66.9. The fraction of sp³-hybridized carbons (Fsp3) is 0.500. The second-order valence-corrected chi connectivity index (χ2v) is 10.7. The van der Waals surface area contributed by atoms with Crippen molar-refractivity contribution in [1.82, 2.24) is 10.2 Å². The minimum atomic E-state index is -1.14. The van der Waals surface area contributed by atoms with Crippen LogP contribution in [-0.2, 0) is 28.7 Å². The van der Waals surface area contributed by atoms with Crippen LogP contribution >= 0.6 is 11.8 Å². The Morgan fingerprint density at radius 2 is 1.86 bits per heavy atom. The molecule has 2 heterocycles.